The summed E-state index contributed by atoms with van der Waals surface area (Å²) < 4.78 is 0. The van der Waals surface area contributed by atoms with E-state index < -0.39 is 0 Å². The second-order valence-corrected chi connectivity index (χ2v) is 3.72. The van der Waals surface area contributed by atoms with Gasteiger partial charge in [0, 0.05) is 24.3 Å². The molecule has 78 valence electrons. The van der Waals surface area contributed by atoms with Gasteiger partial charge in [-0.25, -0.2) is 0 Å². The summed E-state index contributed by atoms with van der Waals surface area (Å²) in [6.07, 6.45) is 2.21. The Balaban J connectivity index is 3.00. The van der Waals surface area contributed by atoms with E-state index in [2.05, 4.69) is 0 Å². The molecule has 14 heavy (non-hydrogen) atoms. The monoisotopic (exact) mass is 196 g/mol. The van der Waals surface area contributed by atoms with Crippen LogP contribution in [0.2, 0.25) is 0 Å². The minimum atomic E-state index is -0.355. The van der Waals surface area contributed by atoms with Crippen LogP contribution in [0.15, 0.2) is 11.3 Å². The molecule has 0 amide bonds. The maximum absolute atomic E-state index is 11.5. The van der Waals surface area contributed by atoms with E-state index in [9.17, 15) is 14.7 Å². The highest BCUT2D eigenvalue weighted by atomic mass is 16.3. The molecule has 0 aromatic rings. The average molecular weight is 196 g/mol. The second-order valence-electron chi connectivity index (χ2n) is 3.72. The summed E-state index contributed by atoms with van der Waals surface area (Å²) in [6.45, 7) is 3.38. The molecule has 1 aliphatic carbocycles. The van der Waals surface area contributed by atoms with Gasteiger partial charge in [-0.3, -0.25) is 9.59 Å². The van der Waals surface area contributed by atoms with Crippen molar-refractivity contribution in [1.29, 1.82) is 0 Å². The summed E-state index contributed by atoms with van der Waals surface area (Å²) in [4.78, 5) is 22.8. The predicted molar refractivity (Wildman–Crippen MR) is 53.0 cm³/mol. The number of rotatable bonds is 3. The maximum Gasteiger partial charge on any atom is 0.159 e. The lowest BCUT2D eigenvalue weighted by Crippen LogP contribution is -2.26. The number of aliphatic hydroxyl groups is 1. The zero-order chi connectivity index (χ0) is 10.7. The highest BCUT2D eigenvalue weighted by molar-refractivity contribution is 6.02. The highest BCUT2D eigenvalue weighted by Gasteiger charge is 2.31. The topological polar surface area (TPSA) is 54.4 Å². The lowest BCUT2D eigenvalue weighted by molar-refractivity contribution is -0.125. The number of carbonyl (C=O) groups is 2. The fourth-order valence-electron chi connectivity index (χ4n) is 1.96. The van der Waals surface area contributed by atoms with Crippen molar-refractivity contribution < 1.29 is 14.7 Å². The minimum Gasteiger partial charge on any atom is -0.512 e. The van der Waals surface area contributed by atoms with Gasteiger partial charge in [0.1, 0.15) is 11.5 Å². The number of aliphatic hydroxyl groups excluding tert-OH is 1. The van der Waals surface area contributed by atoms with Crippen molar-refractivity contribution in [3.63, 3.8) is 0 Å². The second kappa shape index (κ2) is 4.40. The predicted octanol–water partition coefficient (Wildman–Crippen LogP) is 2.17. The summed E-state index contributed by atoms with van der Waals surface area (Å²) in [5.74, 6) is -0.314. The molecule has 0 radical (unpaired) electrons. The maximum atomic E-state index is 11.5. The third kappa shape index (κ3) is 2.03. The zero-order valence-electron chi connectivity index (χ0n) is 8.67. The molecule has 0 aromatic heterocycles. The van der Waals surface area contributed by atoms with Gasteiger partial charge in [0.25, 0.3) is 0 Å². The number of hydrogen-bond acceptors (Lipinski definition) is 3. The zero-order valence-corrected chi connectivity index (χ0v) is 8.67. The smallest absolute Gasteiger partial charge is 0.159 e. The molecule has 0 heterocycles. The van der Waals surface area contributed by atoms with E-state index in [0.29, 0.717) is 24.8 Å². The molecule has 1 N–H and O–H groups in total. The number of ketones is 2. The number of allylic oxidation sites excluding steroid dienone is 2. The van der Waals surface area contributed by atoms with Crippen LogP contribution in [-0.4, -0.2) is 16.7 Å². The molecule has 1 atom stereocenters. The average Bonchev–Trinajstić information content (AvgIpc) is 2.11. The number of Topliss-reactive ketones (excluding diaryl/α,β-unsaturated/α-hetero) is 2. The van der Waals surface area contributed by atoms with Crippen LogP contribution in [0, 0.1) is 5.92 Å². The normalized spacial score (nSPS) is 22.7. The summed E-state index contributed by atoms with van der Waals surface area (Å²) in [6, 6.07) is 0. The molecule has 1 rings (SSSR count). The SMILES string of the molecule is CCCC1C(=O)CCC(O)=C1C(C)=O. The van der Waals surface area contributed by atoms with E-state index in [0.717, 1.165) is 6.42 Å². The van der Waals surface area contributed by atoms with Gasteiger partial charge in [-0.15, -0.1) is 0 Å². The fraction of sp³-hybridized carbons (Fsp3) is 0.636. The molecule has 3 heteroatoms. The molecular formula is C11H16O3. The third-order valence-electron chi connectivity index (χ3n) is 2.61. The van der Waals surface area contributed by atoms with Gasteiger partial charge in [-0.2, -0.15) is 0 Å². The Kier molecular flexibility index (Phi) is 3.44. The van der Waals surface area contributed by atoms with Crippen LogP contribution in [0.25, 0.3) is 0 Å². The largest absolute Gasteiger partial charge is 0.512 e. The van der Waals surface area contributed by atoms with Crippen LogP contribution in [0.3, 0.4) is 0 Å². The van der Waals surface area contributed by atoms with Crippen LogP contribution >= 0.6 is 0 Å². The minimum absolute atomic E-state index is 0.0925. The molecule has 0 fully saturated rings. The van der Waals surface area contributed by atoms with E-state index in [1.807, 2.05) is 6.92 Å². The summed E-state index contributed by atoms with van der Waals surface area (Å²) >= 11 is 0. The van der Waals surface area contributed by atoms with Crippen molar-refractivity contribution in [2.75, 3.05) is 0 Å². The van der Waals surface area contributed by atoms with Gasteiger partial charge < -0.3 is 5.11 Å². The van der Waals surface area contributed by atoms with E-state index in [-0.39, 0.29) is 23.2 Å². The summed E-state index contributed by atoms with van der Waals surface area (Å²) in [5.41, 5.74) is 0.350. The van der Waals surface area contributed by atoms with Gasteiger partial charge in [0.2, 0.25) is 0 Å². The third-order valence-corrected chi connectivity index (χ3v) is 2.61. The molecule has 0 saturated carbocycles. The quantitative estimate of drug-likeness (QED) is 0.752. The first kappa shape index (κ1) is 11.0. The van der Waals surface area contributed by atoms with Crippen LogP contribution in [0.1, 0.15) is 39.5 Å². The Hall–Kier alpha value is -1.12. The van der Waals surface area contributed by atoms with Crippen molar-refractivity contribution >= 4 is 11.6 Å². The van der Waals surface area contributed by atoms with E-state index >= 15 is 0 Å². The number of hydrogen-bond donors (Lipinski definition) is 1. The van der Waals surface area contributed by atoms with Crippen molar-refractivity contribution in [1.82, 2.24) is 0 Å². The van der Waals surface area contributed by atoms with Crippen molar-refractivity contribution in [3.05, 3.63) is 11.3 Å². The van der Waals surface area contributed by atoms with Crippen LogP contribution in [0.4, 0.5) is 0 Å². The van der Waals surface area contributed by atoms with Crippen molar-refractivity contribution in [2.24, 2.45) is 5.92 Å². The van der Waals surface area contributed by atoms with Gasteiger partial charge in [0.05, 0.1) is 0 Å². The van der Waals surface area contributed by atoms with Crippen molar-refractivity contribution in [2.45, 2.75) is 39.5 Å². The van der Waals surface area contributed by atoms with E-state index in [4.69, 9.17) is 0 Å². The van der Waals surface area contributed by atoms with E-state index in [1.165, 1.54) is 6.92 Å². The van der Waals surface area contributed by atoms with Gasteiger partial charge in [-0.1, -0.05) is 13.3 Å². The Labute approximate surface area is 83.8 Å². The molecule has 1 unspecified atom stereocenters. The molecular weight excluding hydrogens is 180 g/mol. The van der Waals surface area contributed by atoms with Gasteiger partial charge in [0.15, 0.2) is 5.78 Å². The molecule has 0 saturated heterocycles. The summed E-state index contributed by atoms with van der Waals surface area (Å²) in [7, 11) is 0. The van der Waals surface area contributed by atoms with Crippen LogP contribution in [0.5, 0.6) is 0 Å². The Morgan fingerprint density at radius 2 is 2.14 bits per heavy atom. The lowest BCUT2D eigenvalue weighted by atomic mass is 9.81. The van der Waals surface area contributed by atoms with Crippen molar-refractivity contribution in [3.8, 4) is 0 Å². The standard InChI is InChI=1S/C11H16O3/c1-3-4-8-9(13)5-6-10(14)11(8)7(2)12/h8,14H,3-6H2,1-2H3. The Bertz CT molecular complexity index is 289. The lowest BCUT2D eigenvalue weighted by Gasteiger charge is -2.22. The van der Waals surface area contributed by atoms with Gasteiger partial charge >= 0.3 is 0 Å². The Morgan fingerprint density at radius 1 is 1.50 bits per heavy atom. The molecule has 3 nitrogen and oxygen atoms in total. The van der Waals surface area contributed by atoms with Crippen LogP contribution in [-0.2, 0) is 9.59 Å². The molecule has 0 spiro atoms. The first-order valence-electron chi connectivity index (χ1n) is 5.03. The molecule has 0 bridgehead atoms. The van der Waals surface area contributed by atoms with Gasteiger partial charge in [-0.05, 0) is 13.3 Å². The first-order chi connectivity index (χ1) is 6.57. The highest BCUT2D eigenvalue weighted by Crippen LogP contribution is 2.30. The Morgan fingerprint density at radius 3 is 2.64 bits per heavy atom. The first-order valence-corrected chi connectivity index (χ1v) is 5.03. The fourth-order valence-corrected chi connectivity index (χ4v) is 1.96. The molecule has 0 aliphatic heterocycles. The summed E-state index contributed by atoms with van der Waals surface area (Å²) in [5, 5.41) is 9.56. The van der Waals surface area contributed by atoms with E-state index in [1.54, 1.807) is 0 Å². The van der Waals surface area contributed by atoms with Crippen LogP contribution < -0.4 is 0 Å². The molecule has 0 aromatic carbocycles. The number of carbonyl (C=O) groups excluding carboxylic acids is 2. The molecule has 1 aliphatic rings.